The Hall–Kier alpha value is -2.17. The molecule has 1 aliphatic heterocycles. The molecule has 4 heteroatoms. The van der Waals surface area contributed by atoms with Crippen molar-refractivity contribution in [2.45, 2.75) is 44.2 Å². The molecule has 0 bridgehead atoms. The number of carbonyl (C=O) groups excluding carboxylic acids is 1. The number of fused-ring (bicyclic) bond motifs is 2. The fraction of sp³-hybridized carbons (Fsp3) is 0.435. The van der Waals surface area contributed by atoms with Gasteiger partial charge in [-0.15, -0.1) is 0 Å². The summed E-state index contributed by atoms with van der Waals surface area (Å²) in [5.74, 6) is 0.358. The number of aryl methyl sites for hydroxylation is 1. The van der Waals surface area contributed by atoms with Gasteiger partial charge in [-0.2, -0.15) is 0 Å². The first-order valence-corrected chi connectivity index (χ1v) is 10.0. The van der Waals surface area contributed by atoms with Crippen molar-refractivity contribution >= 4 is 5.91 Å². The van der Waals surface area contributed by atoms with Crippen LogP contribution in [-0.2, 0) is 24.2 Å². The van der Waals surface area contributed by atoms with Crippen molar-refractivity contribution in [2.75, 3.05) is 19.6 Å². The Labute approximate surface area is 161 Å². The number of aliphatic hydroxyl groups is 1. The van der Waals surface area contributed by atoms with E-state index in [1.54, 1.807) is 0 Å². The molecule has 4 nitrogen and oxygen atoms in total. The van der Waals surface area contributed by atoms with E-state index < -0.39 is 6.10 Å². The first kappa shape index (κ1) is 18.2. The van der Waals surface area contributed by atoms with Gasteiger partial charge in [0, 0.05) is 32.6 Å². The lowest BCUT2D eigenvalue weighted by Crippen LogP contribution is -2.42. The predicted octanol–water partition coefficient (Wildman–Crippen LogP) is 2.64. The van der Waals surface area contributed by atoms with Crippen LogP contribution in [0.2, 0.25) is 0 Å². The third-order valence-corrected chi connectivity index (χ3v) is 5.90. The van der Waals surface area contributed by atoms with Crippen LogP contribution in [0.1, 0.15) is 41.0 Å². The van der Waals surface area contributed by atoms with Gasteiger partial charge in [-0.3, -0.25) is 9.69 Å². The second-order valence-electron chi connectivity index (χ2n) is 7.85. The standard InChI is InChI=1S/C23H28N2O2/c26-21(16-25-12-11-17-5-1-2-7-20(17)15-25)14-24-23(27)13-19-10-9-18-6-3-4-8-22(18)19/h1-8,19,21,26H,9-16H2,(H,24,27). The largest absolute Gasteiger partial charge is 0.390 e. The molecular weight excluding hydrogens is 336 g/mol. The fourth-order valence-electron chi connectivity index (χ4n) is 4.46. The van der Waals surface area contributed by atoms with Crippen molar-refractivity contribution in [3.05, 3.63) is 70.8 Å². The fourth-order valence-corrected chi connectivity index (χ4v) is 4.46. The van der Waals surface area contributed by atoms with Gasteiger partial charge in [-0.05, 0) is 47.4 Å². The Morgan fingerprint density at radius 3 is 2.67 bits per heavy atom. The second kappa shape index (κ2) is 8.24. The van der Waals surface area contributed by atoms with E-state index in [4.69, 9.17) is 0 Å². The molecule has 1 heterocycles. The maximum Gasteiger partial charge on any atom is 0.220 e. The van der Waals surface area contributed by atoms with E-state index in [1.165, 1.54) is 22.3 Å². The van der Waals surface area contributed by atoms with Gasteiger partial charge in [0.1, 0.15) is 0 Å². The summed E-state index contributed by atoms with van der Waals surface area (Å²) < 4.78 is 0. The van der Waals surface area contributed by atoms with Crippen molar-refractivity contribution < 1.29 is 9.90 Å². The van der Waals surface area contributed by atoms with E-state index in [9.17, 15) is 9.90 Å². The first-order chi connectivity index (χ1) is 13.2. The second-order valence-corrected chi connectivity index (χ2v) is 7.85. The summed E-state index contributed by atoms with van der Waals surface area (Å²) in [4.78, 5) is 14.6. The van der Waals surface area contributed by atoms with Crippen LogP contribution in [0.4, 0.5) is 0 Å². The average Bonchev–Trinajstić information content (AvgIpc) is 3.09. The van der Waals surface area contributed by atoms with E-state index in [0.29, 0.717) is 25.4 Å². The van der Waals surface area contributed by atoms with Crippen LogP contribution in [-0.4, -0.2) is 41.7 Å². The summed E-state index contributed by atoms with van der Waals surface area (Å²) in [7, 11) is 0. The molecule has 0 fully saturated rings. The van der Waals surface area contributed by atoms with Crippen molar-refractivity contribution in [3.63, 3.8) is 0 Å². The van der Waals surface area contributed by atoms with Crippen molar-refractivity contribution in [1.82, 2.24) is 10.2 Å². The van der Waals surface area contributed by atoms with Gasteiger partial charge in [-0.25, -0.2) is 0 Å². The molecular formula is C23H28N2O2. The minimum Gasteiger partial charge on any atom is -0.390 e. The molecule has 2 aromatic rings. The molecule has 1 aliphatic carbocycles. The molecule has 0 aromatic heterocycles. The normalized spacial score (nSPS) is 20.0. The molecule has 4 rings (SSSR count). The number of benzene rings is 2. The molecule has 2 aliphatic rings. The van der Waals surface area contributed by atoms with Crippen LogP contribution in [0.15, 0.2) is 48.5 Å². The Kier molecular flexibility index (Phi) is 5.55. The highest BCUT2D eigenvalue weighted by Gasteiger charge is 2.24. The summed E-state index contributed by atoms with van der Waals surface area (Å²) in [6, 6.07) is 16.9. The zero-order valence-corrected chi connectivity index (χ0v) is 15.7. The number of aliphatic hydroxyl groups excluding tert-OH is 1. The van der Waals surface area contributed by atoms with E-state index in [2.05, 4.69) is 58.7 Å². The van der Waals surface area contributed by atoms with Gasteiger partial charge in [0.25, 0.3) is 0 Å². The molecule has 0 radical (unpaired) electrons. The minimum absolute atomic E-state index is 0.0414. The zero-order valence-electron chi connectivity index (χ0n) is 15.7. The first-order valence-electron chi connectivity index (χ1n) is 10.0. The number of carbonyl (C=O) groups is 1. The summed E-state index contributed by atoms with van der Waals surface area (Å²) in [5.41, 5.74) is 5.45. The molecule has 142 valence electrons. The van der Waals surface area contributed by atoms with Crippen molar-refractivity contribution in [3.8, 4) is 0 Å². The van der Waals surface area contributed by atoms with Crippen molar-refractivity contribution in [1.29, 1.82) is 0 Å². The summed E-state index contributed by atoms with van der Waals surface area (Å²) >= 11 is 0. The lowest BCUT2D eigenvalue weighted by Gasteiger charge is -2.30. The molecule has 2 N–H and O–H groups in total. The molecule has 1 amide bonds. The lowest BCUT2D eigenvalue weighted by molar-refractivity contribution is -0.122. The number of rotatable bonds is 6. The van der Waals surface area contributed by atoms with Crippen LogP contribution in [0, 0.1) is 0 Å². The van der Waals surface area contributed by atoms with Gasteiger partial charge < -0.3 is 10.4 Å². The Bertz CT molecular complexity index is 804. The summed E-state index contributed by atoms with van der Waals surface area (Å²) in [5, 5.41) is 13.3. The predicted molar refractivity (Wildman–Crippen MR) is 107 cm³/mol. The number of β-amino-alcohol motifs (C(OH)–C–C–N with tert-alkyl or cyclic N) is 1. The van der Waals surface area contributed by atoms with E-state index in [0.717, 1.165) is 32.4 Å². The van der Waals surface area contributed by atoms with E-state index in [1.807, 2.05) is 0 Å². The Morgan fingerprint density at radius 2 is 1.81 bits per heavy atom. The van der Waals surface area contributed by atoms with Gasteiger partial charge >= 0.3 is 0 Å². The zero-order chi connectivity index (χ0) is 18.6. The molecule has 2 unspecified atom stereocenters. The summed E-state index contributed by atoms with van der Waals surface area (Å²) in [6.45, 7) is 2.76. The number of nitrogens with zero attached hydrogens (tertiary/aromatic N) is 1. The number of hydrogen-bond acceptors (Lipinski definition) is 3. The van der Waals surface area contributed by atoms with Gasteiger partial charge in [-0.1, -0.05) is 48.5 Å². The number of nitrogens with one attached hydrogen (secondary N) is 1. The monoisotopic (exact) mass is 364 g/mol. The highest BCUT2D eigenvalue weighted by Crippen LogP contribution is 2.35. The smallest absolute Gasteiger partial charge is 0.220 e. The van der Waals surface area contributed by atoms with Crippen molar-refractivity contribution in [2.24, 2.45) is 0 Å². The number of amides is 1. The molecule has 2 atom stereocenters. The quantitative estimate of drug-likeness (QED) is 0.829. The maximum atomic E-state index is 12.3. The SMILES string of the molecule is O=C(CC1CCc2ccccc21)NCC(O)CN1CCc2ccccc2C1. The van der Waals surface area contributed by atoms with Crippen LogP contribution >= 0.6 is 0 Å². The van der Waals surface area contributed by atoms with Gasteiger partial charge in [0.15, 0.2) is 0 Å². The molecule has 2 aromatic carbocycles. The third-order valence-electron chi connectivity index (χ3n) is 5.90. The van der Waals surface area contributed by atoms with Crippen LogP contribution in [0.25, 0.3) is 0 Å². The minimum atomic E-state index is -0.532. The molecule has 0 saturated heterocycles. The summed E-state index contributed by atoms with van der Waals surface area (Å²) in [6.07, 6.45) is 3.11. The van der Waals surface area contributed by atoms with Crippen LogP contribution < -0.4 is 5.32 Å². The Morgan fingerprint density at radius 1 is 1.07 bits per heavy atom. The highest BCUT2D eigenvalue weighted by molar-refractivity contribution is 5.77. The van der Waals surface area contributed by atoms with Gasteiger partial charge in [0.2, 0.25) is 5.91 Å². The lowest BCUT2D eigenvalue weighted by atomic mass is 9.97. The van der Waals surface area contributed by atoms with Crippen LogP contribution in [0.3, 0.4) is 0 Å². The average molecular weight is 364 g/mol. The third kappa shape index (κ3) is 4.40. The van der Waals surface area contributed by atoms with E-state index >= 15 is 0 Å². The number of hydrogen-bond donors (Lipinski definition) is 2. The maximum absolute atomic E-state index is 12.3. The highest BCUT2D eigenvalue weighted by atomic mass is 16.3. The molecule has 27 heavy (non-hydrogen) atoms. The molecule has 0 spiro atoms. The van der Waals surface area contributed by atoms with Gasteiger partial charge in [0.05, 0.1) is 6.10 Å². The van der Waals surface area contributed by atoms with E-state index in [-0.39, 0.29) is 5.91 Å². The van der Waals surface area contributed by atoms with Crippen LogP contribution in [0.5, 0.6) is 0 Å². The topological polar surface area (TPSA) is 52.6 Å². The Balaban J connectivity index is 1.22. The molecule has 0 saturated carbocycles.